The molecule has 8 heteroatoms. The van der Waals surface area contributed by atoms with Gasteiger partial charge in [-0.3, -0.25) is 4.79 Å². The van der Waals surface area contributed by atoms with E-state index in [1.807, 2.05) is 6.07 Å². The zero-order valence-corrected chi connectivity index (χ0v) is 16.7. The zero-order chi connectivity index (χ0) is 21.1. The Morgan fingerprint density at radius 2 is 1.87 bits per heavy atom. The van der Waals surface area contributed by atoms with Gasteiger partial charge in [-0.25, -0.2) is 14.4 Å². The topological polar surface area (TPSA) is 82.7 Å². The molecule has 0 saturated carbocycles. The number of imidazole rings is 1. The second-order valence-corrected chi connectivity index (χ2v) is 6.82. The van der Waals surface area contributed by atoms with Crippen LogP contribution in [0.4, 0.5) is 16.0 Å². The summed E-state index contributed by atoms with van der Waals surface area (Å²) in [4.78, 5) is 24.1. The van der Waals surface area contributed by atoms with Gasteiger partial charge in [-0.2, -0.15) is 0 Å². The molecule has 0 aliphatic heterocycles. The number of aromatic amines is 1. The Morgan fingerprint density at radius 3 is 2.53 bits per heavy atom. The largest absolute Gasteiger partial charge is 0.371 e. The smallest absolute Gasteiger partial charge is 0.256 e. The summed E-state index contributed by atoms with van der Waals surface area (Å²) in [7, 11) is 1.72. The van der Waals surface area contributed by atoms with E-state index in [-0.39, 0.29) is 16.5 Å². The molecule has 0 bridgehead atoms. The van der Waals surface area contributed by atoms with Gasteiger partial charge in [-0.15, -0.1) is 0 Å². The number of anilines is 2. The molecule has 3 N–H and O–H groups in total. The monoisotopic (exact) mass is 421 g/mol. The molecule has 1 amide bonds. The molecule has 150 valence electrons. The minimum Gasteiger partial charge on any atom is -0.371 e. The maximum absolute atomic E-state index is 14.3. The van der Waals surface area contributed by atoms with E-state index >= 15 is 0 Å². The van der Waals surface area contributed by atoms with Gasteiger partial charge in [-0.1, -0.05) is 35.9 Å². The summed E-state index contributed by atoms with van der Waals surface area (Å²) in [6.07, 6.45) is 1.60. The van der Waals surface area contributed by atoms with Crippen molar-refractivity contribution < 1.29 is 9.18 Å². The van der Waals surface area contributed by atoms with E-state index in [0.717, 1.165) is 0 Å². The van der Waals surface area contributed by atoms with Crippen LogP contribution in [0.3, 0.4) is 0 Å². The SMILES string of the molecule is CNc1nc(-c2c(F)cccc2Cl)[nH]c1-c1ccc(NC(=O)c2ccccc2)nc1. The van der Waals surface area contributed by atoms with E-state index in [9.17, 15) is 9.18 Å². The van der Waals surface area contributed by atoms with E-state index in [4.69, 9.17) is 11.6 Å². The number of hydrogen-bond acceptors (Lipinski definition) is 4. The number of halogens is 2. The Balaban J connectivity index is 1.61. The van der Waals surface area contributed by atoms with Gasteiger partial charge >= 0.3 is 0 Å². The van der Waals surface area contributed by atoms with E-state index in [2.05, 4.69) is 25.6 Å². The number of aromatic nitrogens is 3. The summed E-state index contributed by atoms with van der Waals surface area (Å²) in [5, 5.41) is 6.00. The lowest BCUT2D eigenvalue weighted by molar-refractivity contribution is 0.102. The molecule has 0 atom stereocenters. The van der Waals surface area contributed by atoms with Crippen LogP contribution in [0, 0.1) is 5.82 Å². The van der Waals surface area contributed by atoms with Crippen molar-refractivity contribution in [2.75, 3.05) is 17.7 Å². The predicted molar refractivity (Wildman–Crippen MR) is 116 cm³/mol. The normalized spacial score (nSPS) is 10.6. The van der Waals surface area contributed by atoms with Crippen molar-refractivity contribution in [3.05, 3.63) is 83.3 Å². The fourth-order valence-corrected chi connectivity index (χ4v) is 3.25. The predicted octanol–water partition coefficient (Wildman–Crippen LogP) is 5.23. The molecular weight excluding hydrogens is 405 g/mol. The maximum atomic E-state index is 14.3. The van der Waals surface area contributed by atoms with Crippen LogP contribution in [0.25, 0.3) is 22.6 Å². The Morgan fingerprint density at radius 1 is 1.07 bits per heavy atom. The van der Waals surface area contributed by atoms with E-state index in [0.29, 0.717) is 34.3 Å². The molecular formula is C22H17ClFN5O. The number of hydrogen-bond donors (Lipinski definition) is 3. The van der Waals surface area contributed by atoms with Crippen molar-refractivity contribution in [1.82, 2.24) is 15.0 Å². The number of amides is 1. The van der Waals surface area contributed by atoms with E-state index in [1.54, 1.807) is 55.7 Å². The average molecular weight is 422 g/mol. The summed E-state index contributed by atoms with van der Waals surface area (Å²) in [5.74, 6) is 0.522. The first-order valence-corrected chi connectivity index (χ1v) is 9.49. The third-order valence-corrected chi connectivity index (χ3v) is 4.78. The summed E-state index contributed by atoms with van der Waals surface area (Å²) < 4.78 is 14.3. The number of H-pyrrole nitrogens is 1. The highest BCUT2D eigenvalue weighted by Gasteiger charge is 2.18. The summed E-state index contributed by atoms with van der Waals surface area (Å²) in [6, 6.07) is 16.8. The average Bonchev–Trinajstić information content (AvgIpc) is 3.19. The molecule has 2 aromatic carbocycles. The number of benzene rings is 2. The third kappa shape index (κ3) is 3.88. The van der Waals surface area contributed by atoms with Crippen LogP contribution in [0.2, 0.25) is 5.02 Å². The van der Waals surface area contributed by atoms with Crippen molar-refractivity contribution in [1.29, 1.82) is 0 Å². The number of nitrogens with one attached hydrogen (secondary N) is 3. The Labute approximate surface area is 177 Å². The second-order valence-electron chi connectivity index (χ2n) is 6.41. The molecule has 30 heavy (non-hydrogen) atoms. The Bertz CT molecular complexity index is 1170. The lowest BCUT2D eigenvalue weighted by atomic mass is 10.2. The van der Waals surface area contributed by atoms with Gasteiger partial charge in [-0.05, 0) is 36.4 Å². The first kappa shape index (κ1) is 19.6. The van der Waals surface area contributed by atoms with Crippen LogP contribution in [0.1, 0.15) is 10.4 Å². The molecule has 0 spiro atoms. The van der Waals surface area contributed by atoms with Crippen LogP contribution in [-0.2, 0) is 0 Å². The van der Waals surface area contributed by atoms with Gasteiger partial charge in [0, 0.05) is 24.4 Å². The van der Waals surface area contributed by atoms with Gasteiger partial charge in [0.25, 0.3) is 5.91 Å². The summed E-state index contributed by atoms with van der Waals surface area (Å²) in [5.41, 5.74) is 2.07. The number of carbonyl (C=O) groups is 1. The minimum atomic E-state index is -0.470. The van der Waals surface area contributed by atoms with Gasteiger partial charge in [0.05, 0.1) is 16.3 Å². The molecule has 0 aliphatic carbocycles. The molecule has 0 fully saturated rings. The fourth-order valence-electron chi connectivity index (χ4n) is 3.00. The molecule has 4 aromatic rings. The number of rotatable bonds is 5. The lowest BCUT2D eigenvalue weighted by Crippen LogP contribution is -2.12. The Kier molecular flexibility index (Phi) is 5.45. The van der Waals surface area contributed by atoms with Gasteiger partial charge in [0.15, 0.2) is 5.82 Å². The highest BCUT2D eigenvalue weighted by atomic mass is 35.5. The minimum absolute atomic E-state index is 0.196. The van der Waals surface area contributed by atoms with Crippen molar-refractivity contribution >= 4 is 29.1 Å². The van der Waals surface area contributed by atoms with Crippen LogP contribution in [-0.4, -0.2) is 27.9 Å². The van der Waals surface area contributed by atoms with Crippen LogP contribution in [0.15, 0.2) is 66.9 Å². The van der Waals surface area contributed by atoms with Crippen molar-refractivity contribution in [3.8, 4) is 22.6 Å². The molecule has 0 saturated heterocycles. The van der Waals surface area contributed by atoms with E-state index < -0.39 is 5.82 Å². The van der Waals surface area contributed by atoms with E-state index in [1.165, 1.54) is 12.1 Å². The van der Waals surface area contributed by atoms with Crippen LogP contribution in [0.5, 0.6) is 0 Å². The number of carbonyl (C=O) groups excluding carboxylic acids is 1. The lowest BCUT2D eigenvalue weighted by Gasteiger charge is -2.06. The van der Waals surface area contributed by atoms with Gasteiger partial charge < -0.3 is 15.6 Å². The molecule has 2 aromatic heterocycles. The quantitative estimate of drug-likeness (QED) is 0.412. The first-order chi connectivity index (χ1) is 14.6. The molecule has 2 heterocycles. The van der Waals surface area contributed by atoms with Crippen molar-refractivity contribution in [3.63, 3.8) is 0 Å². The second kappa shape index (κ2) is 8.34. The molecule has 0 radical (unpaired) electrons. The first-order valence-electron chi connectivity index (χ1n) is 9.12. The van der Waals surface area contributed by atoms with Gasteiger partial charge in [0.1, 0.15) is 17.5 Å². The highest BCUT2D eigenvalue weighted by Crippen LogP contribution is 2.34. The number of nitrogens with zero attached hydrogens (tertiary/aromatic N) is 2. The van der Waals surface area contributed by atoms with Crippen molar-refractivity contribution in [2.45, 2.75) is 0 Å². The number of pyridine rings is 1. The third-order valence-electron chi connectivity index (χ3n) is 4.47. The van der Waals surface area contributed by atoms with Crippen molar-refractivity contribution in [2.24, 2.45) is 0 Å². The molecule has 4 rings (SSSR count). The molecule has 6 nitrogen and oxygen atoms in total. The van der Waals surface area contributed by atoms with Gasteiger partial charge in [0.2, 0.25) is 0 Å². The summed E-state index contributed by atoms with van der Waals surface area (Å²) in [6.45, 7) is 0. The maximum Gasteiger partial charge on any atom is 0.256 e. The standard InChI is InChI=1S/C22H17ClFN5O/c1-25-21-19(28-20(29-21)18-15(23)8-5-9-16(18)24)14-10-11-17(26-12-14)27-22(30)13-6-3-2-4-7-13/h2-12,25H,1H3,(H,28,29)(H,26,27,30). The van der Waals surface area contributed by atoms with Crippen LogP contribution < -0.4 is 10.6 Å². The van der Waals surface area contributed by atoms with Crippen LogP contribution >= 0.6 is 11.6 Å². The Hall–Kier alpha value is -3.71. The molecule has 0 aliphatic rings. The molecule has 0 unspecified atom stereocenters. The fraction of sp³-hybridized carbons (Fsp3) is 0.0455. The highest BCUT2D eigenvalue weighted by molar-refractivity contribution is 6.33. The zero-order valence-electron chi connectivity index (χ0n) is 15.9. The summed E-state index contributed by atoms with van der Waals surface area (Å²) >= 11 is 6.16.